The first-order valence-corrected chi connectivity index (χ1v) is 14.2. The van der Waals surface area contributed by atoms with Crippen molar-refractivity contribution in [1.29, 1.82) is 0 Å². The summed E-state index contributed by atoms with van der Waals surface area (Å²) in [7, 11) is 0. The summed E-state index contributed by atoms with van der Waals surface area (Å²) in [5, 5.41) is 0. The Kier molecular flexibility index (Phi) is 7.34. The number of ether oxygens (including phenoxy) is 3. The van der Waals surface area contributed by atoms with Crippen molar-refractivity contribution in [2.45, 2.75) is 89.4 Å². The zero-order valence-electron chi connectivity index (χ0n) is 21.2. The molecule has 5 rings (SSSR count). The van der Waals surface area contributed by atoms with Crippen molar-refractivity contribution < 1.29 is 19.0 Å². The molecule has 1 aliphatic carbocycles. The Labute approximate surface area is 208 Å². The molecule has 0 radical (unpaired) electrons. The monoisotopic (exact) mass is 487 g/mol. The summed E-state index contributed by atoms with van der Waals surface area (Å²) in [6, 6.07) is 2.97. The molecule has 2 fully saturated rings. The topological polar surface area (TPSA) is 48.0 Å². The van der Waals surface area contributed by atoms with Gasteiger partial charge in [0.2, 0.25) is 0 Å². The molecule has 1 aromatic heterocycles. The number of carbonyl (C=O) groups excluding carboxylic acids is 1. The van der Waals surface area contributed by atoms with Crippen LogP contribution in [0.15, 0.2) is 17.7 Å². The second kappa shape index (κ2) is 10.1. The van der Waals surface area contributed by atoms with Crippen molar-refractivity contribution in [2.24, 2.45) is 5.92 Å². The maximum atomic E-state index is 12.3. The van der Waals surface area contributed by atoms with Gasteiger partial charge in [-0.1, -0.05) is 13.0 Å². The van der Waals surface area contributed by atoms with E-state index in [-0.39, 0.29) is 11.4 Å². The molecule has 5 nitrogen and oxygen atoms in total. The fraction of sp³-hybridized carbons (Fsp3) is 0.750. The lowest BCUT2D eigenvalue weighted by Crippen LogP contribution is -2.51. The van der Waals surface area contributed by atoms with E-state index in [0.29, 0.717) is 44.6 Å². The van der Waals surface area contributed by atoms with Gasteiger partial charge in [-0.3, -0.25) is 4.79 Å². The van der Waals surface area contributed by atoms with Gasteiger partial charge in [0.1, 0.15) is 5.60 Å². The van der Waals surface area contributed by atoms with E-state index in [9.17, 15) is 4.79 Å². The lowest BCUT2D eigenvalue weighted by molar-refractivity contribution is -0.154. The van der Waals surface area contributed by atoms with Crippen LogP contribution in [-0.4, -0.2) is 61.8 Å². The van der Waals surface area contributed by atoms with Crippen LogP contribution in [0, 0.1) is 5.92 Å². The zero-order valence-corrected chi connectivity index (χ0v) is 22.0. The van der Waals surface area contributed by atoms with Gasteiger partial charge in [-0.15, -0.1) is 11.3 Å². The molecule has 0 N–H and O–H groups in total. The molecule has 0 amide bonds. The highest BCUT2D eigenvalue weighted by Crippen LogP contribution is 2.46. The average molecular weight is 488 g/mol. The molecule has 0 aromatic carbocycles. The number of likely N-dealkylation sites (tertiary alicyclic amines) is 1. The zero-order chi connectivity index (χ0) is 23.8. The van der Waals surface area contributed by atoms with E-state index >= 15 is 0 Å². The van der Waals surface area contributed by atoms with Crippen LogP contribution in [0.4, 0.5) is 0 Å². The van der Waals surface area contributed by atoms with Crippen molar-refractivity contribution >= 4 is 17.1 Å². The lowest BCUT2D eigenvalue weighted by Gasteiger charge is -2.48. The molecule has 2 saturated heterocycles. The Morgan fingerprint density at radius 1 is 1.26 bits per heavy atom. The minimum absolute atomic E-state index is 0.0644. The fourth-order valence-corrected chi connectivity index (χ4v) is 7.71. The van der Waals surface area contributed by atoms with E-state index in [1.165, 1.54) is 16.0 Å². The van der Waals surface area contributed by atoms with Gasteiger partial charge in [-0.05, 0) is 69.1 Å². The number of Topliss-reactive ketones (excluding diaryl/α,β-unsaturated/α-hetero) is 1. The number of ketones is 1. The number of nitrogens with zero attached hydrogens (tertiary/aromatic N) is 1. The summed E-state index contributed by atoms with van der Waals surface area (Å²) in [5.41, 5.74) is 2.17. The molecule has 1 unspecified atom stereocenters. The molecule has 0 bridgehead atoms. The Morgan fingerprint density at radius 2 is 2.09 bits per heavy atom. The van der Waals surface area contributed by atoms with Gasteiger partial charge >= 0.3 is 0 Å². The summed E-state index contributed by atoms with van der Waals surface area (Å²) in [6.45, 7) is 11.2. The number of allylic oxidation sites excluding steroid dienone is 1. The maximum absolute atomic E-state index is 12.3. The Bertz CT molecular complexity index is 918. The highest BCUT2D eigenvalue weighted by atomic mass is 32.1. The van der Waals surface area contributed by atoms with E-state index in [4.69, 9.17) is 14.2 Å². The molecule has 1 aromatic rings. The first-order chi connectivity index (χ1) is 16.4. The highest BCUT2D eigenvalue weighted by molar-refractivity contribution is 7.12. The van der Waals surface area contributed by atoms with E-state index in [1.807, 2.05) is 11.3 Å². The van der Waals surface area contributed by atoms with Crippen molar-refractivity contribution in [1.82, 2.24) is 4.90 Å². The summed E-state index contributed by atoms with van der Waals surface area (Å²) in [5.74, 6) is 0.792. The number of hydrogen-bond donors (Lipinski definition) is 0. The first-order valence-electron chi connectivity index (χ1n) is 13.3. The van der Waals surface area contributed by atoms with Crippen LogP contribution in [0.25, 0.3) is 0 Å². The van der Waals surface area contributed by atoms with E-state index in [2.05, 4.69) is 30.9 Å². The van der Waals surface area contributed by atoms with Gasteiger partial charge in [0.05, 0.1) is 18.8 Å². The molecule has 4 aliphatic rings. The van der Waals surface area contributed by atoms with Crippen LogP contribution in [-0.2, 0) is 37.4 Å². The van der Waals surface area contributed by atoms with E-state index in [1.54, 1.807) is 11.8 Å². The number of rotatable bonds is 7. The summed E-state index contributed by atoms with van der Waals surface area (Å²) in [4.78, 5) is 18.1. The van der Waals surface area contributed by atoms with Crippen LogP contribution in [0.3, 0.4) is 0 Å². The minimum Gasteiger partial charge on any atom is -0.381 e. The lowest BCUT2D eigenvalue weighted by atomic mass is 9.79. The highest BCUT2D eigenvalue weighted by Gasteiger charge is 2.45. The SMILES string of the molecule is CCc1cc2c(s1)CCO[C@@]21CCN(CC2CC=C(COC3(C(C)=O)CCOCC3)C2)[C@@H](C)C1. The van der Waals surface area contributed by atoms with Gasteiger partial charge in [-0.2, -0.15) is 0 Å². The third-order valence-electron chi connectivity index (χ3n) is 8.72. The largest absolute Gasteiger partial charge is 0.381 e. The summed E-state index contributed by atoms with van der Waals surface area (Å²) in [6.07, 6.45) is 10.3. The number of aryl methyl sites for hydroxylation is 1. The molecule has 0 saturated carbocycles. The molecule has 188 valence electrons. The average Bonchev–Trinajstić information content (AvgIpc) is 3.48. The van der Waals surface area contributed by atoms with Crippen molar-refractivity contribution in [3.05, 3.63) is 33.0 Å². The number of carbonyl (C=O) groups is 1. The number of hydrogen-bond acceptors (Lipinski definition) is 6. The minimum atomic E-state index is -0.634. The van der Waals surface area contributed by atoms with Gasteiger partial charge in [0, 0.05) is 61.4 Å². The van der Waals surface area contributed by atoms with Gasteiger partial charge in [-0.25, -0.2) is 0 Å². The molecule has 1 spiro atoms. The Hall–Kier alpha value is -1.05. The van der Waals surface area contributed by atoms with E-state index in [0.717, 1.165) is 58.2 Å². The number of piperidine rings is 1. The van der Waals surface area contributed by atoms with Gasteiger partial charge in [0.25, 0.3) is 0 Å². The van der Waals surface area contributed by atoms with E-state index < -0.39 is 5.60 Å². The first kappa shape index (κ1) is 24.6. The normalized spacial score (nSPS) is 31.4. The molecule has 3 atom stereocenters. The predicted molar refractivity (Wildman–Crippen MR) is 136 cm³/mol. The summed E-state index contributed by atoms with van der Waals surface area (Å²) >= 11 is 2.01. The standard InChI is InChI=1S/C28H41NO4S/c1-4-24-16-25-26(34-24)7-12-32-28(25)8-11-29(20(2)17-28)18-22-5-6-23(15-22)19-33-27(21(3)30)9-13-31-14-10-27/h6,16,20,22H,4-5,7-15,17-19H2,1-3H3/t20-,22?,28+/m0/s1. The molecule has 6 heteroatoms. The Balaban J connectivity index is 1.14. The van der Waals surface area contributed by atoms with Crippen LogP contribution in [0.2, 0.25) is 0 Å². The predicted octanol–water partition coefficient (Wildman–Crippen LogP) is 5.05. The molecule has 34 heavy (non-hydrogen) atoms. The van der Waals surface area contributed by atoms with Crippen LogP contribution < -0.4 is 0 Å². The molecular formula is C28H41NO4S. The quantitative estimate of drug-likeness (QED) is 0.504. The van der Waals surface area contributed by atoms with Gasteiger partial charge in [0.15, 0.2) is 5.78 Å². The second-order valence-electron chi connectivity index (χ2n) is 10.9. The summed E-state index contributed by atoms with van der Waals surface area (Å²) < 4.78 is 18.3. The van der Waals surface area contributed by atoms with Crippen LogP contribution in [0.5, 0.6) is 0 Å². The smallest absolute Gasteiger partial charge is 0.161 e. The third kappa shape index (κ3) is 4.81. The van der Waals surface area contributed by atoms with Crippen LogP contribution in [0.1, 0.15) is 74.6 Å². The van der Waals surface area contributed by atoms with Gasteiger partial charge < -0.3 is 19.1 Å². The second-order valence-corrected chi connectivity index (χ2v) is 12.1. The Morgan fingerprint density at radius 3 is 2.82 bits per heavy atom. The molecule has 4 heterocycles. The molecule has 3 aliphatic heterocycles. The number of thiophene rings is 1. The van der Waals surface area contributed by atoms with Crippen molar-refractivity contribution in [3.8, 4) is 0 Å². The third-order valence-corrected chi connectivity index (χ3v) is 10.1. The van der Waals surface area contributed by atoms with Crippen molar-refractivity contribution in [2.75, 3.05) is 39.5 Å². The van der Waals surface area contributed by atoms with Crippen LogP contribution >= 0.6 is 11.3 Å². The van der Waals surface area contributed by atoms with Crippen molar-refractivity contribution in [3.63, 3.8) is 0 Å². The number of fused-ring (bicyclic) bond motifs is 2. The molecular weight excluding hydrogens is 446 g/mol. The maximum Gasteiger partial charge on any atom is 0.161 e. The fourth-order valence-electron chi connectivity index (χ4n) is 6.54.